The molecule has 1 fully saturated rings. The minimum Gasteiger partial charge on any atom is -0.355 e. The van der Waals surface area contributed by atoms with Crippen molar-refractivity contribution in [2.45, 2.75) is 17.1 Å². The highest BCUT2D eigenvalue weighted by molar-refractivity contribution is 8.00. The van der Waals surface area contributed by atoms with Crippen LogP contribution in [-0.4, -0.2) is 35.7 Å². The first-order valence-corrected chi connectivity index (χ1v) is 7.34. The monoisotopic (exact) mass is 331 g/mol. The topological polar surface area (TPSA) is 84.3 Å². The molecular formula is C13H18ClN3O3S. The van der Waals surface area contributed by atoms with Crippen LogP contribution in [0.4, 0.5) is 5.69 Å². The number of thioether (sulfide) groups is 1. The van der Waals surface area contributed by atoms with Gasteiger partial charge in [0.15, 0.2) is 0 Å². The average Bonchev–Trinajstić information content (AvgIpc) is 2.37. The maximum atomic E-state index is 11.9. The normalized spacial score (nSPS) is 15.5. The van der Waals surface area contributed by atoms with Crippen LogP contribution in [0.5, 0.6) is 0 Å². The van der Waals surface area contributed by atoms with Gasteiger partial charge in [-0.1, -0.05) is 0 Å². The van der Waals surface area contributed by atoms with Crippen LogP contribution in [0.1, 0.15) is 6.92 Å². The van der Waals surface area contributed by atoms with Gasteiger partial charge in [0.1, 0.15) is 0 Å². The van der Waals surface area contributed by atoms with Gasteiger partial charge in [0.05, 0.1) is 10.2 Å². The molecule has 1 unspecified atom stereocenters. The predicted molar refractivity (Wildman–Crippen MR) is 85.0 cm³/mol. The van der Waals surface area contributed by atoms with Crippen LogP contribution < -0.4 is 10.6 Å². The second-order valence-corrected chi connectivity index (χ2v) is 6.19. The number of rotatable bonds is 6. The molecule has 8 heteroatoms. The minimum absolute atomic E-state index is 0. The maximum absolute atomic E-state index is 11.9. The van der Waals surface area contributed by atoms with Gasteiger partial charge < -0.3 is 10.6 Å². The number of nitrogens with zero attached hydrogens (tertiary/aromatic N) is 1. The van der Waals surface area contributed by atoms with E-state index >= 15 is 0 Å². The van der Waals surface area contributed by atoms with Crippen LogP contribution >= 0.6 is 24.2 Å². The highest BCUT2D eigenvalue weighted by Crippen LogP contribution is 2.25. The summed E-state index contributed by atoms with van der Waals surface area (Å²) in [7, 11) is 0. The number of halogens is 1. The molecule has 1 aromatic rings. The Morgan fingerprint density at radius 3 is 2.57 bits per heavy atom. The maximum Gasteiger partial charge on any atom is 0.269 e. The van der Waals surface area contributed by atoms with E-state index in [0.29, 0.717) is 12.5 Å². The van der Waals surface area contributed by atoms with Crippen molar-refractivity contribution in [3.05, 3.63) is 34.4 Å². The molecule has 0 bridgehead atoms. The van der Waals surface area contributed by atoms with Gasteiger partial charge in [0, 0.05) is 42.6 Å². The van der Waals surface area contributed by atoms with Crippen LogP contribution in [-0.2, 0) is 4.79 Å². The van der Waals surface area contributed by atoms with Gasteiger partial charge in [-0.2, -0.15) is 0 Å². The Bertz CT molecular complexity index is 494. The third-order valence-corrected chi connectivity index (χ3v) is 4.27. The Kier molecular flexibility index (Phi) is 6.94. The fourth-order valence-corrected chi connectivity index (χ4v) is 2.68. The lowest BCUT2D eigenvalue weighted by atomic mass is 10.0. The zero-order valence-corrected chi connectivity index (χ0v) is 13.2. The summed E-state index contributed by atoms with van der Waals surface area (Å²) in [5.41, 5.74) is 0.0592. The SMILES string of the molecule is CC(Sc1ccc([N+](=O)[O-])cc1)C(=O)NCC1CNC1.Cl. The molecule has 1 amide bonds. The Morgan fingerprint density at radius 1 is 1.48 bits per heavy atom. The molecule has 6 nitrogen and oxygen atoms in total. The zero-order valence-electron chi connectivity index (χ0n) is 11.6. The second-order valence-electron chi connectivity index (χ2n) is 4.78. The summed E-state index contributed by atoms with van der Waals surface area (Å²) in [5.74, 6) is 0.538. The molecule has 1 aromatic carbocycles. The highest BCUT2D eigenvalue weighted by Gasteiger charge is 2.20. The molecule has 1 aliphatic heterocycles. The molecule has 1 saturated heterocycles. The number of nitrogens with one attached hydrogen (secondary N) is 2. The molecule has 116 valence electrons. The predicted octanol–water partition coefficient (Wildman–Crippen LogP) is 1.83. The van der Waals surface area contributed by atoms with Gasteiger partial charge >= 0.3 is 0 Å². The summed E-state index contributed by atoms with van der Waals surface area (Å²) in [6.07, 6.45) is 0. The zero-order chi connectivity index (χ0) is 14.5. The van der Waals surface area contributed by atoms with Gasteiger partial charge in [0.2, 0.25) is 5.91 Å². The molecule has 1 aliphatic rings. The summed E-state index contributed by atoms with van der Waals surface area (Å²) < 4.78 is 0. The highest BCUT2D eigenvalue weighted by atomic mass is 35.5. The van der Waals surface area contributed by atoms with E-state index in [-0.39, 0.29) is 29.3 Å². The summed E-state index contributed by atoms with van der Waals surface area (Å²) in [5, 5.41) is 16.4. The number of amides is 1. The number of benzene rings is 1. The minimum atomic E-state index is -0.433. The molecule has 0 aliphatic carbocycles. The van der Waals surface area contributed by atoms with Gasteiger partial charge in [-0.15, -0.1) is 24.2 Å². The number of hydrogen-bond acceptors (Lipinski definition) is 5. The molecule has 1 atom stereocenters. The van der Waals surface area contributed by atoms with Crippen molar-refractivity contribution in [2.24, 2.45) is 5.92 Å². The second kappa shape index (κ2) is 8.21. The smallest absolute Gasteiger partial charge is 0.269 e. The van der Waals surface area contributed by atoms with Crippen molar-refractivity contribution in [2.75, 3.05) is 19.6 Å². The number of nitro groups is 1. The van der Waals surface area contributed by atoms with E-state index in [2.05, 4.69) is 10.6 Å². The van der Waals surface area contributed by atoms with E-state index < -0.39 is 4.92 Å². The first kappa shape index (κ1) is 17.7. The van der Waals surface area contributed by atoms with Crippen molar-refractivity contribution in [3.63, 3.8) is 0 Å². The summed E-state index contributed by atoms with van der Waals surface area (Å²) in [6.45, 7) is 4.46. The lowest BCUT2D eigenvalue weighted by molar-refractivity contribution is -0.384. The molecule has 0 spiro atoms. The first-order chi connectivity index (χ1) is 9.56. The Hall–Kier alpha value is -1.31. The Labute approximate surface area is 133 Å². The van der Waals surface area contributed by atoms with Crippen LogP contribution in [0.2, 0.25) is 0 Å². The van der Waals surface area contributed by atoms with Crippen molar-refractivity contribution >= 4 is 35.8 Å². The Morgan fingerprint density at radius 2 is 2.10 bits per heavy atom. The fraction of sp³-hybridized carbons (Fsp3) is 0.462. The van der Waals surface area contributed by atoms with E-state index in [1.807, 2.05) is 6.92 Å². The molecular weight excluding hydrogens is 314 g/mol. The van der Waals surface area contributed by atoms with Crippen LogP contribution in [0, 0.1) is 16.0 Å². The molecule has 2 rings (SSSR count). The van der Waals surface area contributed by atoms with Gasteiger partial charge in [-0.25, -0.2) is 0 Å². The van der Waals surface area contributed by atoms with E-state index in [4.69, 9.17) is 0 Å². The number of nitro benzene ring substituents is 1. The third kappa shape index (κ3) is 5.18. The van der Waals surface area contributed by atoms with E-state index in [9.17, 15) is 14.9 Å². The molecule has 0 aromatic heterocycles. The Balaban J connectivity index is 0.00000220. The van der Waals surface area contributed by atoms with Gasteiger partial charge in [0.25, 0.3) is 5.69 Å². The average molecular weight is 332 g/mol. The molecule has 1 heterocycles. The van der Waals surface area contributed by atoms with Crippen molar-refractivity contribution < 1.29 is 9.72 Å². The number of carbonyl (C=O) groups excluding carboxylic acids is 1. The lowest BCUT2D eigenvalue weighted by Gasteiger charge is -2.27. The van der Waals surface area contributed by atoms with E-state index in [1.54, 1.807) is 12.1 Å². The molecule has 2 N–H and O–H groups in total. The van der Waals surface area contributed by atoms with Crippen LogP contribution in [0.15, 0.2) is 29.2 Å². The quantitative estimate of drug-likeness (QED) is 0.472. The first-order valence-electron chi connectivity index (χ1n) is 6.46. The third-order valence-electron chi connectivity index (χ3n) is 3.16. The van der Waals surface area contributed by atoms with Crippen molar-refractivity contribution in [1.82, 2.24) is 10.6 Å². The van der Waals surface area contributed by atoms with Crippen LogP contribution in [0.25, 0.3) is 0 Å². The molecule has 21 heavy (non-hydrogen) atoms. The molecule has 0 radical (unpaired) electrons. The van der Waals surface area contributed by atoms with Gasteiger partial charge in [-0.3, -0.25) is 14.9 Å². The lowest BCUT2D eigenvalue weighted by Crippen LogP contribution is -2.49. The van der Waals surface area contributed by atoms with E-state index in [1.165, 1.54) is 23.9 Å². The van der Waals surface area contributed by atoms with E-state index in [0.717, 1.165) is 18.0 Å². The number of non-ortho nitro benzene ring substituents is 1. The van der Waals surface area contributed by atoms with Crippen molar-refractivity contribution in [3.8, 4) is 0 Å². The van der Waals surface area contributed by atoms with Gasteiger partial charge in [-0.05, 0) is 19.1 Å². The number of carbonyl (C=O) groups is 1. The largest absolute Gasteiger partial charge is 0.355 e. The summed E-state index contributed by atoms with van der Waals surface area (Å²) >= 11 is 1.40. The van der Waals surface area contributed by atoms with Crippen molar-refractivity contribution in [1.29, 1.82) is 0 Å². The molecule has 0 saturated carbocycles. The summed E-state index contributed by atoms with van der Waals surface area (Å²) in [4.78, 5) is 22.9. The standard InChI is InChI=1S/C13H17N3O3S.ClH/c1-9(13(17)15-8-10-6-14-7-10)20-12-4-2-11(3-5-12)16(18)19;/h2-5,9-10,14H,6-8H2,1H3,(H,15,17);1H. The fourth-order valence-electron chi connectivity index (χ4n) is 1.79. The number of hydrogen-bond donors (Lipinski definition) is 2. The summed E-state index contributed by atoms with van der Waals surface area (Å²) in [6, 6.07) is 6.24. The van der Waals surface area contributed by atoms with Crippen LogP contribution in [0.3, 0.4) is 0 Å².